The third kappa shape index (κ3) is 25.4. The first-order valence-corrected chi connectivity index (χ1v) is 45.7. The molecule has 14 aromatic carbocycles. The molecule has 14 aromatic rings. The van der Waals surface area contributed by atoms with Gasteiger partial charge in [0.15, 0.2) is 0 Å². The van der Waals surface area contributed by atoms with E-state index in [1.807, 2.05) is 84.9 Å². The highest BCUT2D eigenvalue weighted by Crippen LogP contribution is 2.39. The third-order valence-electron chi connectivity index (χ3n) is 25.2. The van der Waals surface area contributed by atoms with Crippen LogP contribution in [0.4, 0.5) is 17.1 Å². The molecule has 664 valence electrons. The Morgan fingerprint density at radius 1 is 0.338 bits per heavy atom. The molecule has 0 fully saturated rings. The molecule has 0 saturated carbocycles. The van der Waals surface area contributed by atoms with Gasteiger partial charge in [-0.25, -0.2) is 9.59 Å². The lowest BCUT2D eigenvalue weighted by Crippen LogP contribution is -2.30. The van der Waals surface area contributed by atoms with Gasteiger partial charge in [0.1, 0.15) is 47.7 Å². The van der Waals surface area contributed by atoms with Crippen molar-refractivity contribution in [1.29, 1.82) is 0 Å². The van der Waals surface area contributed by atoms with Crippen LogP contribution in [0.2, 0.25) is 0 Å². The van der Waals surface area contributed by atoms with Crippen LogP contribution in [0.3, 0.4) is 0 Å². The fourth-order valence-corrected chi connectivity index (χ4v) is 18.2. The van der Waals surface area contributed by atoms with Crippen LogP contribution >= 0.6 is 0 Å². The molecule has 130 heavy (non-hydrogen) atoms. The summed E-state index contributed by atoms with van der Waals surface area (Å²) in [5.41, 5.74) is 32.5. The number of nitrogens with one attached hydrogen (secondary N) is 1. The Morgan fingerprint density at radius 2 is 0.746 bits per heavy atom. The second-order valence-electron chi connectivity index (χ2n) is 34.5. The number of benzene rings is 14. The summed E-state index contributed by atoms with van der Waals surface area (Å²) >= 11 is 0. The van der Waals surface area contributed by atoms with E-state index in [2.05, 4.69) is 240 Å². The topological polar surface area (TPSA) is 152 Å². The van der Waals surface area contributed by atoms with Crippen molar-refractivity contribution in [3.63, 3.8) is 0 Å². The molecule has 0 amide bonds. The number of methoxy groups -OCH3 is 4. The Balaban J connectivity index is 0.000000135. The number of fused-ring (bicyclic) bond motifs is 4. The first-order valence-electron chi connectivity index (χ1n) is 45.7. The maximum absolute atomic E-state index is 11.2. The quantitative estimate of drug-likeness (QED) is 0.0358. The zero-order valence-corrected chi connectivity index (χ0v) is 75.9. The summed E-state index contributed by atoms with van der Waals surface area (Å²) < 4.78 is 34.1. The molecule has 14 heteroatoms. The van der Waals surface area contributed by atoms with E-state index in [1.54, 1.807) is 52.7 Å². The minimum Gasteiger partial charge on any atom is -0.497 e. The Labute approximate surface area is 767 Å². The summed E-state index contributed by atoms with van der Waals surface area (Å²) in [6, 6.07) is 109. The van der Waals surface area contributed by atoms with Gasteiger partial charge in [0.25, 0.3) is 0 Å². The van der Waals surface area contributed by atoms with Crippen LogP contribution in [-0.4, -0.2) is 74.6 Å². The van der Waals surface area contributed by atoms with Crippen molar-refractivity contribution < 1.29 is 48.2 Å². The molecule has 0 spiro atoms. The van der Waals surface area contributed by atoms with E-state index in [4.69, 9.17) is 33.5 Å². The molecule has 4 aliphatic rings. The van der Waals surface area contributed by atoms with E-state index in [1.165, 1.54) is 101 Å². The third-order valence-corrected chi connectivity index (χ3v) is 25.2. The molecule has 0 saturated heterocycles. The van der Waals surface area contributed by atoms with Crippen LogP contribution in [0.15, 0.2) is 315 Å². The molecule has 0 aromatic heterocycles. The van der Waals surface area contributed by atoms with E-state index in [0.29, 0.717) is 30.4 Å². The van der Waals surface area contributed by atoms with Crippen molar-refractivity contribution >= 4 is 29.0 Å². The number of hydrogen-bond donors (Lipinski definition) is 3. The van der Waals surface area contributed by atoms with Gasteiger partial charge in [-0.1, -0.05) is 242 Å². The lowest BCUT2D eigenvalue weighted by molar-refractivity contribution is 0.0686. The number of ether oxygens (including phenoxy) is 6. The number of anilines is 3. The first kappa shape index (κ1) is 90.9. The number of carboxylic acid groups (broad SMARTS) is 2. The lowest BCUT2D eigenvalue weighted by Gasteiger charge is -2.34. The molecule has 3 N–H and O–H groups in total. The zero-order valence-electron chi connectivity index (χ0n) is 75.9. The van der Waals surface area contributed by atoms with E-state index in [0.717, 1.165) is 204 Å². The molecule has 14 nitrogen and oxygen atoms in total. The Bertz CT molecular complexity index is 5980. The summed E-state index contributed by atoms with van der Waals surface area (Å²) in [5.74, 6) is 3.28. The van der Waals surface area contributed by atoms with Gasteiger partial charge < -0.3 is 53.8 Å². The van der Waals surface area contributed by atoms with Gasteiger partial charge in [-0.05, 0) is 282 Å². The largest absolute Gasteiger partial charge is 0.497 e. The summed E-state index contributed by atoms with van der Waals surface area (Å²) in [6.07, 6.45) is 14.5. The van der Waals surface area contributed by atoms with Gasteiger partial charge in [-0.2, -0.15) is 0 Å². The van der Waals surface area contributed by atoms with Gasteiger partial charge in [0, 0.05) is 81.1 Å². The van der Waals surface area contributed by atoms with Crippen LogP contribution in [-0.2, 0) is 123 Å². The number of carbonyl (C=O) groups is 2. The fraction of sp³-hybridized carbons (Fsp3) is 0.259. The second-order valence-corrected chi connectivity index (χ2v) is 34.5. The first-order chi connectivity index (χ1) is 63.6. The highest BCUT2D eigenvalue weighted by Gasteiger charge is 2.28. The number of carboxylic acids is 2. The van der Waals surface area contributed by atoms with Crippen molar-refractivity contribution in [3.05, 3.63) is 443 Å². The number of nitrogens with zero attached hydrogens (tertiary/aromatic N) is 3. The molecular formula is C116H120N4O10. The van der Waals surface area contributed by atoms with E-state index >= 15 is 0 Å². The Hall–Kier alpha value is -13.8. The van der Waals surface area contributed by atoms with Crippen LogP contribution in [0.5, 0.6) is 34.5 Å². The highest BCUT2D eigenvalue weighted by molar-refractivity contribution is 5.88. The van der Waals surface area contributed by atoms with Crippen LogP contribution < -0.4 is 43.5 Å². The lowest BCUT2D eigenvalue weighted by atomic mass is 9.93. The van der Waals surface area contributed by atoms with Gasteiger partial charge in [0.2, 0.25) is 0 Å². The highest BCUT2D eigenvalue weighted by atomic mass is 16.5. The predicted molar refractivity (Wildman–Crippen MR) is 525 cm³/mol. The fourth-order valence-electron chi connectivity index (χ4n) is 18.2. The zero-order chi connectivity index (χ0) is 89.9. The molecule has 0 aliphatic carbocycles. The summed E-state index contributed by atoms with van der Waals surface area (Å²) in [4.78, 5) is 29.8. The molecule has 4 aliphatic heterocycles. The number of hydrogen-bond acceptors (Lipinski definition) is 12. The van der Waals surface area contributed by atoms with Crippen LogP contribution in [0.25, 0.3) is 0 Å². The normalized spacial score (nSPS) is 13.3. The molecular weight excluding hydrogens is 1610 g/mol. The van der Waals surface area contributed by atoms with Crippen LogP contribution in [0.1, 0.15) is 150 Å². The Morgan fingerprint density at radius 3 is 1.26 bits per heavy atom. The van der Waals surface area contributed by atoms with Crippen molar-refractivity contribution in [2.45, 2.75) is 156 Å². The monoisotopic (exact) mass is 1730 g/mol. The second kappa shape index (κ2) is 45.2. The maximum Gasteiger partial charge on any atom is 0.335 e. The van der Waals surface area contributed by atoms with E-state index in [9.17, 15) is 14.7 Å². The molecule has 1 unspecified atom stereocenters. The molecule has 4 heterocycles. The Kier molecular flexibility index (Phi) is 31.7. The van der Waals surface area contributed by atoms with Crippen molar-refractivity contribution in [3.8, 4) is 34.5 Å². The van der Waals surface area contributed by atoms with E-state index in [-0.39, 0.29) is 0 Å². The number of rotatable bonds is 33. The average molecular weight is 1730 g/mol. The minimum absolute atomic E-state index is 0.317. The van der Waals surface area contributed by atoms with Crippen molar-refractivity contribution in [2.24, 2.45) is 0 Å². The van der Waals surface area contributed by atoms with Gasteiger partial charge >= 0.3 is 11.9 Å². The standard InChI is InChI=1S/C38H35NO4.C27H29NO4.C26H29NO.C25H27NO/c40-38(41)34-18-15-28(16-19-34)14-17-32-12-7-13-33-20-21-39(37(32)33)25-31-22-35(42-26-29-8-3-1-4-9-29)24-36(23-31)43-27-30-10-5-2-6-11-30;1-31-24-15-20(16-25(17-24)32-2)18-28-14-4-7-21-5-3-6-22(26(21)28)11-8-19-9-12-23(13-10-19)27(29)30;1-19-9-11-20(12-10-19)13-15-22-6-4-7-23-18-24(27-26(22)23)16-14-21-5-3-8-25(17-21)28-2;1-19-9-11-20(12-10-19)13-14-22-6-4-7-23-17-26(18-25(22)23)16-21-5-3-8-24(15-21)27-2/h1-13,15-16,18-19,22-24H,14,17,20-21,25-27H2,(H,40,41);3,5-6,9-10,12-13,15-17H,4,7-8,11,14,18H2,1-2H3,(H,29,30);3-12,17,24,27H,13-16,18H2,1-2H3;3-12,15H,13-14,16-18H2,1-2H3. The molecule has 0 radical (unpaired) electrons. The summed E-state index contributed by atoms with van der Waals surface area (Å²) in [7, 11) is 6.81. The number of aryl methyl sites for hydroxylation is 12. The average Bonchev–Trinajstić information content (AvgIpc) is 1.09. The SMILES string of the molecule is COc1cc(CN2CCCc3cccc(CCc4ccc(C(=O)O)cc4)c32)cc(OC)c1.COc1cccc(CCC2Cc3cccc(CCc4ccc(C)cc4)c3N2)c1.COc1cccc(CN2Cc3cccc(CCc4ccc(C)cc4)c3C2)c1.O=C(O)c1ccc(CCc2cccc3c2N(Cc2cc(OCc4ccccc4)cc(OCc4ccccc4)c2)CC3)cc1. The molecule has 0 bridgehead atoms. The summed E-state index contributed by atoms with van der Waals surface area (Å²) in [5, 5.41) is 22.1. The van der Waals surface area contributed by atoms with Gasteiger partial charge in [-0.15, -0.1) is 0 Å². The predicted octanol–water partition coefficient (Wildman–Crippen LogP) is 24.1. The smallest absolute Gasteiger partial charge is 0.335 e. The van der Waals surface area contributed by atoms with Crippen LogP contribution in [0, 0.1) is 13.8 Å². The molecule has 1 atom stereocenters. The maximum atomic E-state index is 11.2. The number of aromatic carboxylic acids is 2. The van der Waals surface area contributed by atoms with Crippen molar-refractivity contribution in [2.75, 3.05) is 56.6 Å². The minimum atomic E-state index is -0.897. The van der Waals surface area contributed by atoms with Gasteiger partial charge in [0.05, 0.1) is 39.6 Å². The van der Waals surface area contributed by atoms with Gasteiger partial charge in [-0.3, -0.25) is 4.90 Å². The van der Waals surface area contributed by atoms with E-state index < -0.39 is 11.9 Å². The number of para-hydroxylation sites is 3. The summed E-state index contributed by atoms with van der Waals surface area (Å²) in [6.45, 7) is 11.8. The van der Waals surface area contributed by atoms with Crippen molar-refractivity contribution in [1.82, 2.24) is 4.90 Å². The molecule has 18 rings (SSSR count).